The van der Waals surface area contributed by atoms with Crippen molar-refractivity contribution in [1.29, 1.82) is 0 Å². The van der Waals surface area contributed by atoms with Gasteiger partial charge in [0.1, 0.15) is 23.0 Å². The van der Waals surface area contributed by atoms with E-state index in [4.69, 9.17) is 22.1 Å². The average Bonchev–Trinajstić information content (AvgIpc) is 3.02. The fourth-order valence-electron chi connectivity index (χ4n) is 1.94. The van der Waals surface area contributed by atoms with Gasteiger partial charge in [-0.25, -0.2) is 14.8 Å². The summed E-state index contributed by atoms with van der Waals surface area (Å²) < 4.78 is 5.23. The number of aromatic nitrogens is 2. The van der Waals surface area contributed by atoms with E-state index < -0.39 is 5.97 Å². The van der Waals surface area contributed by atoms with Crippen molar-refractivity contribution < 1.29 is 9.53 Å². The zero-order valence-corrected chi connectivity index (χ0v) is 13.5. The van der Waals surface area contributed by atoms with Crippen LogP contribution in [0.3, 0.4) is 0 Å². The van der Waals surface area contributed by atoms with Gasteiger partial charge in [0.05, 0.1) is 10.7 Å². The number of hydrogen-bond acceptors (Lipinski definition) is 6. The molecule has 3 aromatic rings. The summed E-state index contributed by atoms with van der Waals surface area (Å²) in [4.78, 5) is 20.3. The number of carbonyl (C=O) groups excluding carboxylic acids is 1. The molecular weight excluding hydrogens is 334 g/mol. The Balaban J connectivity index is 1.70. The third kappa shape index (κ3) is 3.49. The topological polar surface area (TPSA) is 78.1 Å². The predicted molar refractivity (Wildman–Crippen MR) is 90.3 cm³/mol. The molecule has 0 amide bonds. The number of carbonyl (C=O) groups is 1. The van der Waals surface area contributed by atoms with Crippen molar-refractivity contribution in [3.8, 4) is 10.6 Å². The Morgan fingerprint density at radius 1 is 1.26 bits per heavy atom. The maximum absolute atomic E-state index is 12.0. The lowest BCUT2D eigenvalue weighted by Gasteiger charge is -2.04. The number of pyridine rings is 1. The summed E-state index contributed by atoms with van der Waals surface area (Å²) in [6.45, 7) is 0.0636. The molecule has 2 heterocycles. The van der Waals surface area contributed by atoms with Crippen molar-refractivity contribution in [2.45, 2.75) is 6.61 Å². The minimum atomic E-state index is -0.525. The van der Waals surface area contributed by atoms with Crippen LogP contribution in [0.4, 0.5) is 5.82 Å². The first-order valence-corrected chi connectivity index (χ1v) is 7.98. The highest BCUT2D eigenvalue weighted by Gasteiger charge is 2.13. The van der Waals surface area contributed by atoms with Crippen LogP contribution in [-0.2, 0) is 11.3 Å². The summed E-state index contributed by atoms with van der Waals surface area (Å²) in [5.41, 5.74) is 7.40. The van der Waals surface area contributed by atoms with E-state index >= 15 is 0 Å². The monoisotopic (exact) mass is 345 g/mol. The van der Waals surface area contributed by atoms with Crippen LogP contribution >= 0.6 is 22.9 Å². The number of nitrogen functional groups attached to an aromatic ring is 1. The van der Waals surface area contributed by atoms with Crippen LogP contribution < -0.4 is 5.73 Å². The number of halogens is 1. The zero-order chi connectivity index (χ0) is 16.2. The van der Waals surface area contributed by atoms with Crippen molar-refractivity contribution >= 4 is 34.7 Å². The van der Waals surface area contributed by atoms with Gasteiger partial charge in [0, 0.05) is 17.1 Å². The van der Waals surface area contributed by atoms with Gasteiger partial charge < -0.3 is 10.5 Å². The molecule has 2 aromatic heterocycles. The van der Waals surface area contributed by atoms with Gasteiger partial charge in [0.25, 0.3) is 0 Å². The minimum Gasteiger partial charge on any atom is -0.455 e. The Morgan fingerprint density at radius 2 is 2.09 bits per heavy atom. The van der Waals surface area contributed by atoms with Crippen molar-refractivity contribution in [1.82, 2.24) is 9.97 Å². The number of thiazole rings is 1. The molecule has 1 aromatic carbocycles. The zero-order valence-electron chi connectivity index (χ0n) is 11.9. The molecule has 0 aliphatic rings. The molecule has 0 unspecified atom stereocenters. The van der Waals surface area contributed by atoms with Gasteiger partial charge in [0.2, 0.25) is 0 Å². The summed E-state index contributed by atoms with van der Waals surface area (Å²) in [7, 11) is 0. The van der Waals surface area contributed by atoms with E-state index in [0.29, 0.717) is 10.7 Å². The SMILES string of the molecule is Nc1ncccc1C(=O)OCc1csc(-c2ccccc2Cl)n1. The molecule has 7 heteroatoms. The van der Waals surface area contributed by atoms with Crippen LogP contribution in [0.2, 0.25) is 5.02 Å². The van der Waals surface area contributed by atoms with Gasteiger partial charge in [-0.3, -0.25) is 0 Å². The van der Waals surface area contributed by atoms with E-state index in [0.717, 1.165) is 10.6 Å². The molecule has 5 nitrogen and oxygen atoms in total. The predicted octanol–water partition coefficient (Wildman–Crippen LogP) is 3.80. The lowest BCUT2D eigenvalue weighted by atomic mass is 10.2. The lowest BCUT2D eigenvalue weighted by Crippen LogP contribution is -2.09. The number of rotatable bonds is 4. The quantitative estimate of drug-likeness (QED) is 0.728. The molecule has 0 saturated carbocycles. The second-order valence-corrected chi connectivity index (χ2v) is 5.90. The van der Waals surface area contributed by atoms with Crippen LogP contribution in [-0.4, -0.2) is 15.9 Å². The molecule has 0 saturated heterocycles. The number of nitrogens with zero attached hydrogens (tertiary/aromatic N) is 2. The average molecular weight is 346 g/mol. The second-order valence-electron chi connectivity index (χ2n) is 4.64. The lowest BCUT2D eigenvalue weighted by molar-refractivity contribution is 0.0469. The molecular formula is C16H12ClN3O2S. The molecule has 2 N–H and O–H groups in total. The summed E-state index contributed by atoms with van der Waals surface area (Å²) in [6, 6.07) is 10.7. The minimum absolute atomic E-state index is 0.0636. The molecule has 0 fully saturated rings. The Bertz CT molecular complexity index is 851. The molecule has 0 bridgehead atoms. The molecule has 0 aliphatic heterocycles. The maximum atomic E-state index is 12.0. The van der Waals surface area contributed by atoms with Crippen molar-refractivity contribution in [3.63, 3.8) is 0 Å². The normalized spacial score (nSPS) is 10.5. The van der Waals surface area contributed by atoms with E-state index in [1.807, 2.05) is 29.6 Å². The first-order chi connectivity index (χ1) is 11.1. The van der Waals surface area contributed by atoms with Crippen LogP contribution in [0, 0.1) is 0 Å². The third-order valence-corrected chi connectivity index (χ3v) is 4.32. The van der Waals surface area contributed by atoms with E-state index in [-0.39, 0.29) is 18.0 Å². The summed E-state index contributed by atoms with van der Waals surface area (Å²) >= 11 is 7.60. The first kappa shape index (κ1) is 15.5. The number of esters is 1. The Kier molecular flexibility index (Phi) is 4.55. The van der Waals surface area contributed by atoms with Crippen LogP contribution in [0.1, 0.15) is 16.1 Å². The molecule has 3 rings (SSSR count). The number of ether oxygens (including phenoxy) is 1. The van der Waals surface area contributed by atoms with Gasteiger partial charge in [-0.15, -0.1) is 11.3 Å². The van der Waals surface area contributed by atoms with E-state index in [1.165, 1.54) is 17.5 Å². The number of benzene rings is 1. The number of hydrogen-bond donors (Lipinski definition) is 1. The summed E-state index contributed by atoms with van der Waals surface area (Å²) in [6.07, 6.45) is 1.52. The number of anilines is 1. The van der Waals surface area contributed by atoms with E-state index in [2.05, 4.69) is 9.97 Å². The molecule has 0 aliphatic carbocycles. The highest BCUT2D eigenvalue weighted by Crippen LogP contribution is 2.30. The Hall–Kier alpha value is -2.44. The van der Waals surface area contributed by atoms with Crippen LogP contribution in [0.5, 0.6) is 0 Å². The third-order valence-electron chi connectivity index (χ3n) is 3.07. The maximum Gasteiger partial charge on any atom is 0.342 e. The van der Waals surface area contributed by atoms with Gasteiger partial charge in [-0.05, 0) is 18.2 Å². The first-order valence-electron chi connectivity index (χ1n) is 6.72. The summed E-state index contributed by atoms with van der Waals surface area (Å²) in [5.74, 6) is -0.379. The molecule has 0 atom stereocenters. The number of nitrogens with two attached hydrogens (primary N) is 1. The fraction of sp³-hybridized carbons (Fsp3) is 0.0625. The van der Waals surface area contributed by atoms with Gasteiger partial charge in [-0.2, -0.15) is 0 Å². The molecule has 116 valence electrons. The van der Waals surface area contributed by atoms with Crippen LogP contribution in [0.25, 0.3) is 10.6 Å². The molecule has 0 spiro atoms. The van der Waals surface area contributed by atoms with E-state index in [1.54, 1.807) is 12.1 Å². The standard InChI is InChI=1S/C16H12ClN3O2S/c17-13-6-2-1-4-11(13)15-20-10(9-23-15)8-22-16(21)12-5-3-7-19-14(12)18/h1-7,9H,8H2,(H2,18,19). The summed E-state index contributed by atoms with van der Waals surface area (Å²) in [5, 5.41) is 3.24. The van der Waals surface area contributed by atoms with Crippen molar-refractivity contribution in [3.05, 3.63) is 64.3 Å². The van der Waals surface area contributed by atoms with Gasteiger partial charge in [-0.1, -0.05) is 29.8 Å². The Morgan fingerprint density at radius 3 is 2.87 bits per heavy atom. The van der Waals surface area contributed by atoms with Gasteiger partial charge in [0.15, 0.2) is 0 Å². The van der Waals surface area contributed by atoms with Crippen molar-refractivity contribution in [2.75, 3.05) is 5.73 Å². The Labute approximate surface area is 141 Å². The highest BCUT2D eigenvalue weighted by atomic mass is 35.5. The molecule has 0 radical (unpaired) electrons. The highest BCUT2D eigenvalue weighted by molar-refractivity contribution is 7.13. The second kappa shape index (κ2) is 6.76. The van der Waals surface area contributed by atoms with Crippen molar-refractivity contribution in [2.24, 2.45) is 0 Å². The fourth-order valence-corrected chi connectivity index (χ4v) is 3.06. The largest absolute Gasteiger partial charge is 0.455 e. The van der Waals surface area contributed by atoms with Crippen LogP contribution in [0.15, 0.2) is 48.0 Å². The van der Waals surface area contributed by atoms with E-state index in [9.17, 15) is 4.79 Å². The molecule has 23 heavy (non-hydrogen) atoms. The smallest absolute Gasteiger partial charge is 0.342 e. The van der Waals surface area contributed by atoms with Gasteiger partial charge >= 0.3 is 5.97 Å².